The number of carbonyl (C=O) groups is 1. The van der Waals surface area contributed by atoms with Gasteiger partial charge in [-0.25, -0.2) is 0 Å². The quantitative estimate of drug-likeness (QED) is 0.492. The fourth-order valence-corrected chi connectivity index (χ4v) is 1.64. The molecule has 1 aromatic rings. The number of methoxy groups -OCH3 is 1. The Kier molecular flexibility index (Phi) is 6.01. The number of rotatable bonds is 6. The van der Waals surface area contributed by atoms with Gasteiger partial charge >= 0.3 is 17.6 Å². The number of benzene rings is 1. The third kappa shape index (κ3) is 4.38. The van der Waals surface area contributed by atoms with Crippen LogP contribution in [0.3, 0.4) is 0 Å². The van der Waals surface area contributed by atoms with Gasteiger partial charge in [-0.15, -0.1) is 0 Å². The maximum absolute atomic E-state index is 11.2. The van der Waals surface area contributed by atoms with Crippen LogP contribution >= 0.6 is 0 Å². The summed E-state index contributed by atoms with van der Waals surface area (Å²) >= 11 is 0. The molecule has 0 amide bonds. The second-order valence-electron chi connectivity index (χ2n) is 3.99. The van der Waals surface area contributed by atoms with Crippen molar-refractivity contribution in [3.63, 3.8) is 0 Å². The lowest BCUT2D eigenvalue weighted by Gasteiger charge is -2.12. The second kappa shape index (κ2) is 7.75. The number of esters is 1. The maximum Gasteiger partial charge on any atom is 0.484 e. The molecule has 0 aliphatic carbocycles. The highest BCUT2D eigenvalue weighted by atomic mass is 16.6. The van der Waals surface area contributed by atoms with Crippen LogP contribution in [-0.4, -0.2) is 24.8 Å². The number of hydrogen-bond donors (Lipinski definition) is 1. The topological polar surface area (TPSA) is 93.1 Å². The van der Waals surface area contributed by atoms with Gasteiger partial charge in [0.15, 0.2) is 4.98 Å². The van der Waals surface area contributed by atoms with Crippen LogP contribution in [0.4, 0.5) is 0 Å². The standard InChI is InChI=1S/C14H16N2O5/c1-4-20-14(18)12(16-15)13(21-9(2)17)10-5-7-11(19-3)8-6-10/h5-8,13H,4H2,1-3H3/p+1/b14-12-. The van der Waals surface area contributed by atoms with Gasteiger partial charge in [0.05, 0.1) is 13.7 Å². The third-order valence-corrected chi connectivity index (χ3v) is 2.56. The number of carbonyl (C=O) groups excluding carboxylic acids is 1. The molecule has 1 unspecified atom stereocenters. The molecule has 7 heteroatoms. The summed E-state index contributed by atoms with van der Waals surface area (Å²) in [6, 6.07) is 6.55. The molecule has 112 valence electrons. The highest BCUT2D eigenvalue weighted by Crippen LogP contribution is 2.30. The largest absolute Gasteiger partial charge is 0.497 e. The first-order valence-electron chi connectivity index (χ1n) is 6.25. The Morgan fingerprint density at radius 3 is 2.43 bits per heavy atom. The van der Waals surface area contributed by atoms with Crippen LogP contribution in [0, 0.1) is 5.39 Å². The van der Waals surface area contributed by atoms with E-state index in [4.69, 9.17) is 19.6 Å². The highest BCUT2D eigenvalue weighted by molar-refractivity contribution is 5.67. The summed E-state index contributed by atoms with van der Waals surface area (Å²) in [5, 5.41) is 18.8. The van der Waals surface area contributed by atoms with Crippen molar-refractivity contribution in [2.24, 2.45) is 0 Å². The Morgan fingerprint density at radius 2 is 2.00 bits per heavy atom. The minimum atomic E-state index is -1.09. The summed E-state index contributed by atoms with van der Waals surface area (Å²) in [5.41, 5.74) is 0.197. The Labute approximate surface area is 122 Å². The lowest BCUT2D eigenvalue weighted by Crippen LogP contribution is -2.12. The van der Waals surface area contributed by atoms with Crippen LogP contribution in [0.5, 0.6) is 5.75 Å². The molecule has 0 spiro atoms. The number of aliphatic hydroxyl groups is 1. The first-order chi connectivity index (χ1) is 10.0. The summed E-state index contributed by atoms with van der Waals surface area (Å²) in [6.45, 7) is 3.03. The van der Waals surface area contributed by atoms with Crippen LogP contribution in [0.15, 0.2) is 35.9 Å². The van der Waals surface area contributed by atoms with E-state index < -0.39 is 18.0 Å². The van der Waals surface area contributed by atoms with E-state index in [2.05, 4.69) is 4.98 Å². The minimum absolute atomic E-state index is 0.167. The van der Waals surface area contributed by atoms with Crippen molar-refractivity contribution in [1.82, 2.24) is 0 Å². The zero-order valence-corrected chi connectivity index (χ0v) is 12.1. The molecule has 0 bridgehead atoms. The SMILES string of the molecule is CCO/C(O)=C(\[N+]#N)C(OC(C)=O)c1ccc(OC)cc1. The predicted octanol–water partition coefficient (Wildman–Crippen LogP) is 2.92. The minimum Gasteiger partial charge on any atom is -0.497 e. The van der Waals surface area contributed by atoms with Crippen LogP contribution in [-0.2, 0) is 14.3 Å². The first-order valence-corrected chi connectivity index (χ1v) is 6.25. The second-order valence-corrected chi connectivity index (χ2v) is 3.99. The van der Waals surface area contributed by atoms with Gasteiger partial charge in [-0.3, -0.25) is 4.79 Å². The number of nitrogens with zero attached hydrogens (tertiary/aromatic N) is 2. The number of ether oxygens (including phenoxy) is 3. The van der Waals surface area contributed by atoms with E-state index in [1.54, 1.807) is 31.2 Å². The molecular formula is C14H17N2O5+. The number of hydrogen-bond acceptors (Lipinski definition) is 6. The van der Waals surface area contributed by atoms with Crippen molar-refractivity contribution < 1.29 is 24.1 Å². The molecule has 1 atom stereocenters. The Bertz CT molecular complexity index is 560. The van der Waals surface area contributed by atoms with Crippen LogP contribution in [0.1, 0.15) is 25.5 Å². The van der Waals surface area contributed by atoms with E-state index in [9.17, 15) is 9.90 Å². The molecule has 1 rings (SSSR count). The van der Waals surface area contributed by atoms with Crippen molar-refractivity contribution in [1.29, 1.82) is 5.39 Å². The fourth-order valence-electron chi connectivity index (χ4n) is 1.64. The Balaban J connectivity index is 3.23. The zero-order valence-electron chi connectivity index (χ0n) is 12.1. The summed E-state index contributed by atoms with van der Waals surface area (Å²) in [6.07, 6.45) is -1.09. The van der Waals surface area contributed by atoms with E-state index in [0.29, 0.717) is 11.3 Å². The summed E-state index contributed by atoms with van der Waals surface area (Å²) in [5.74, 6) is -0.593. The van der Waals surface area contributed by atoms with E-state index in [1.807, 2.05) is 0 Å². The van der Waals surface area contributed by atoms with E-state index >= 15 is 0 Å². The predicted molar refractivity (Wildman–Crippen MR) is 73.9 cm³/mol. The average molecular weight is 293 g/mol. The molecule has 1 aromatic carbocycles. The molecule has 1 N–H and O–H groups in total. The van der Waals surface area contributed by atoms with E-state index in [-0.39, 0.29) is 12.3 Å². The molecule has 0 aliphatic rings. The average Bonchev–Trinajstić information content (AvgIpc) is 2.47. The molecule has 21 heavy (non-hydrogen) atoms. The molecule has 0 radical (unpaired) electrons. The van der Waals surface area contributed by atoms with E-state index in [0.717, 1.165) is 0 Å². The molecule has 0 fully saturated rings. The van der Waals surface area contributed by atoms with E-state index in [1.165, 1.54) is 14.0 Å². The fraction of sp³-hybridized carbons (Fsp3) is 0.357. The third-order valence-electron chi connectivity index (χ3n) is 2.56. The van der Waals surface area contributed by atoms with Gasteiger partial charge in [-0.2, -0.15) is 0 Å². The van der Waals surface area contributed by atoms with Gasteiger partial charge in [0.25, 0.3) is 0 Å². The summed E-state index contributed by atoms with van der Waals surface area (Å²) in [7, 11) is 1.52. The van der Waals surface area contributed by atoms with Crippen LogP contribution in [0.25, 0.3) is 4.98 Å². The first kappa shape index (κ1) is 16.3. The summed E-state index contributed by atoms with van der Waals surface area (Å²) in [4.78, 5) is 14.2. The van der Waals surface area contributed by atoms with Gasteiger partial charge < -0.3 is 19.3 Å². The molecular weight excluding hydrogens is 276 g/mol. The molecule has 0 saturated carbocycles. The normalized spacial score (nSPS) is 12.7. The zero-order chi connectivity index (χ0) is 15.8. The Hall–Kier alpha value is -2.75. The van der Waals surface area contributed by atoms with Gasteiger partial charge in [-0.1, -0.05) is 12.1 Å². The van der Waals surface area contributed by atoms with Gasteiger partial charge in [0.1, 0.15) is 5.75 Å². The van der Waals surface area contributed by atoms with Crippen molar-refractivity contribution >= 4 is 5.97 Å². The van der Waals surface area contributed by atoms with Crippen LogP contribution < -0.4 is 4.74 Å². The van der Waals surface area contributed by atoms with Crippen molar-refractivity contribution in [3.8, 4) is 5.75 Å². The number of aliphatic hydroxyl groups excluding tert-OH is 1. The lowest BCUT2D eigenvalue weighted by atomic mass is 10.1. The summed E-state index contributed by atoms with van der Waals surface area (Å²) < 4.78 is 15.0. The van der Waals surface area contributed by atoms with Gasteiger partial charge in [0.2, 0.25) is 11.5 Å². The van der Waals surface area contributed by atoms with Crippen molar-refractivity contribution in [2.75, 3.05) is 13.7 Å². The van der Waals surface area contributed by atoms with Gasteiger partial charge in [0, 0.05) is 12.5 Å². The van der Waals surface area contributed by atoms with Crippen molar-refractivity contribution in [3.05, 3.63) is 46.4 Å². The molecule has 0 heterocycles. The Morgan fingerprint density at radius 1 is 1.38 bits per heavy atom. The van der Waals surface area contributed by atoms with Crippen molar-refractivity contribution in [2.45, 2.75) is 20.0 Å². The lowest BCUT2D eigenvalue weighted by molar-refractivity contribution is -0.145. The molecule has 0 aromatic heterocycles. The maximum atomic E-state index is 11.2. The smallest absolute Gasteiger partial charge is 0.484 e. The monoisotopic (exact) mass is 293 g/mol. The van der Waals surface area contributed by atoms with Gasteiger partial charge in [-0.05, 0) is 19.1 Å². The molecule has 7 nitrogen and oxygen atoms in total. The van der Waals surface area contributed by atoms with Crippen LogP contribution in [0.2, 0.25) is 0 Å². The highest BCUT2D eigenvalue weighted by Gasteiger charge is 2.36. The molecule has 0 saturated heterocycles. The number of diazo groups is 1. The molecule has 0 aliphatic heterocycles.